The molecule has 1 aromatic heterocycles. The minimum atomic E-state index is -0.0551. The smallest absolute Gasteiger partial charge is 0.252 e. The van der Waals surface area contributed by atoms with Crippen LogP contribution in [0, 0.1) is 12.8 Å². The number of nitrogens with zero attached hydrogens (tertiary/aromatic N) is 1. The van der Waals surface area contributed by atoms with Crippen LogP contribution < -0.4 is 5.32 Å². The lowest BCUT2D eigenvalue weighted by atomic mass is 10.0. The summed E-state index contributed by atoms with van der Waals surface area (Å²) in [5.74, 6) is 0.835. The lowest BCUT2D eigenvalue weighted by Crippen LogP contribution is -2.39. The number of halogens is 1. The van der Waals surface area contributed by atoms with E-state index in [4.69, 9.17) is 11.6 Å². The van der Waals surface area contributed by atoms with Crippen LogP contribution >= 0.6 is 11.6 Å². The van der Waals surface area contributed by atoms with E-state index in [0.29, 0.717) is 17.4 Å². The predicted octanol–water partition coefficient (Wildman–Crippen LogP) is 3.93. The number of carbonyl (C=O) groups is 1. The number of rotatable bonds is 5. The second-order valence-electron chi connectivity index (χ2n) is 5.63. The highest BCUT2D eigenvalue weighted by Gasteiger charge is 2.18. The summed E-state index contributed by atoms with van der Waals surface area (Å²) in [6.45, 7) is 6.09. The highest BCUT2D eigenvalue weighted by molar-refractivity contribution is 6.17. The minimum Gasteiger partial charge on any atom is -0.349 e. The van der Waals surface area contributed by atoms with E-state index in [9.17, 15) is 4.79 Å². The van der Waals surface area contributed by atoms with Crippen molar-refractivity contribution >= 4 is 28.4 Å². The number of carbonyl (C=O) groups excluding carboxylic acids is 1. The van der Waals surface area contributed by atoms with Gasteiger partial charge in [0.1, 0.15) is 0 Å². The standard InChI is InChI=1S/C17H21ClN2O/c1-11(2)15(8-9-18)20-17(21)14-10-12(3)19-16-7-5-4-6-13(14)16/h4-7,10-11,15H,8-9H2,1-3H3,(H,20,21). The van der Waals surface area contributed by atoms with Gasteiger partial charge in [-0.2, -0.15) is 0 Å². The van der Waals surface area contributed by atoms with Gasteiger partial charge >= 0.3 is 0 Å². The molecule has 21 heavy (non-hydrogen) atoms. The Morgan fingerprint density at radius 3 is 2.71 bits per heavy atom. The summed E-state index contributed by atoms with van der Waals surface area (Å²) < 4.78 is 0. The van der Waals surface area contributed by atoms with E-state index < -0.39 is 0 Å². The van der Waals surface area contributed by atoms with Gasteiger partial charge in [0.25, 0.3) is 5.91 Å². The molecule has 1 unspecified atom stereocenters. The zero-order valence-corrected chi connectivity index (χ0v) is 13.4. The minimum absolute atomic E-state index is 0.0551. The molecule has 0 saturated heterocycles. The summed E-state index contributed by atoms with van der Waals surface area (Å²) in [7, 11) is 0. The highest BCUT2D eigenvalue weighted by Crippen LogP contribution is 2.19. The SMILES string of the molecule is Cc1cc(C(=O)NC(CCCl)C(C)C)c2ccccc2n1. The first-order chi connectivity index (χ1) is 10.0. The maximum atomic E-state index is 12.6. The molecule has 0 aliphatic carbocycles. The molecule has 0 spiro atoms. The number of pyridine rings is 1. The van der Waals surface area contributed by atoms with Gasteiger partial charge in [-0.05, 0) is 31.4 Å². The molecule has 1 N–H and O–H groups in total. The second kappa shape index (κ2) is 6.90. The Labute approximate surface area is 130 Å². The summed E-state index contributed by atoms with van der Waals surface area (Å²) in [6.07, 6.45) is 0.771. The largest absolute Gasteiger partial charge is 0.349 e. The van der Waals surface area contributed by atoms with Crippen LogP contribution in [0.15, 0.2) is 30.3 Å². The lowest BCUT2D eigenvalue weighted by molar-refractivity contribution is 0.0926. The number of amides is 1. The van der Waals surface area contributed by atoms with Crippen molar-refractivity contribution in [3.63, 3.8) is 0 Å². The summed E-state index contributed by atoms with van der Waals surface area (Å²) in [6, 6.07) is 9.65. The van der Waals surface area contributed by atoms with E-state index in [1.807, 2.05) is 37.3 Å². The van der Waals surface area contributed by atoms with Crippen molar-refractivity contribution in [2.75, 3.05) is 5.88 Å². The van der Waals surface area contributed by atoms with E-state index in [2.05, 4.69) is 24.1 Å². The number of alkyl halides is 1. The summed E-state index contributed by atoms with van der Waals surface area (Å²) in [5.41, 5.74) is 2.37. The quantitative estimate of drug-likeness (QED) is 0.851. The maximum absolute atomic E-state index is 12.6. The molecule has 1 amide bonds. The molecule has 0 fully saturated rings. The number of aromatic nitrogens is 1. The van der Waals surface area contributed by atoms with Gasteiger partial charge in [-0.1, -0.05) is 32.0 Å². The molecular formula is C17H21ClN2O. The van der Waals surface area contributed by atoms with Crippen LogP contribution in [-0.2, 0) is 0 Å². The fourth-order valence-corrected chi connectivity index (χ4v) is 2.67. The number of hydrogen-bond donors (Lipinski definition) is 1. The van der Waals surface area contributed by atoms with Crippen LogP contribution in [0.5, 0.6) is 0 Å². The first kappa shape index (κ1) is 15.8. The summed E-state index contributed by atoms with van der Waals surface area (Å²) in [4.78, 5) is 17.1. The van der Waals surface area contributed by atoms with E-state index in [1.54, 1.807) is 0 Å². The van der Waals surface area contributed by atoms with Crippen molar-refractivity contribution in [2.24, 2.45) is 5.92 Å². The molecule has 2 aromatic rings. The van der Waals surface area contributed by atoms with Gasteiger partial charge in [0.2, 0.25) is 0 Å². The molecule has 0 aliphatic heterocycles. The van der Waals surface area contributed by atoms with Crippen LogP contribution in [0.2, 0.25) is 0 Å². The number of benzene rings is 1. The van der Waals surface area contributed by atoms with Crippen molar-refractivity contribution in [3.05, 3.63) is 41.6 Å². The Bertz CT molecular complexity index is 640. The number of aryl methyl sites for hydroxylation is 1. The van der Waals surface area contributed by atoms with Gasteiger partial charge in [0.05, 0.1) is 11.1 Å². The number of para-hydroxylation sites is 1. The first-order valence-corrected chi connectivity index (χ1v) is 7.79. The summed E-state index contributed by atoms with van der Waals surface area (Å²) in [5, 5.41) is 3.99. The molecule has 2 rings (SSSR count). The maximum Gasteiger partial charge on any atom is 0.252 e. The van der Waals surface area contributed by atoms with Gasteiger partial charge in [-0.25, -0.2) is 0 Å². The van der Waals surface area contributed by atoms with Crippen molar-refractivity contribution in [1.29, 1.82) is 0 Å². The number of fused-ring (bicyclic) bond motifs is 1. The monoisotopic (exact) mass is 304 g/mol. The third-order valence-electron chi connectivity index (χ3n) is 3.63. The van der Waals surface area contributed by atoms with Crippen LogP contribution in [0.1, 0.15) is 36.3 Å². The van der Waals surface area contributed by atoms with E-state index >= 15 is 0 Å². The third-order valence-corrected chi connectivity index (χ3v) is 3.85. The molecule has 1 atom stereocenters. The fourth-order valence-electron chi connectivity index (χ4n) is 2.43. The number of nitrogens with one attached hydrogen (secondary N) is 1. The predicted molar refractivity (Wildman–Crippen MR) is 87.9 cm³/mol. The normalized spacial score (nSPS) is 12.6. The van der Waals surface area contributed by atoms with Crippen molar-refractivity contribution in [3.8, 4) is 0 Å². The van der Waals surface area contributed by atoms with Crippen molar-refractivity contribution in [1.82, 2.24) is 10.3 Å². The van der Waals surface area contributed by atoms with Gasteiger partial charge in [-0.3, -0.25) is 9.78 Å². The molecule has 0 saturated carbocycles. The molecule has 0 aliphatic rings. The Morgan fingerprint density at radius 1 is 1.33 bits per heavy atom. The Hall–Kier alpha value is -1.61. The van der Waals surface area contributed by atoms with Crippen molar-refractivity contribution < 1.29 is 4.79 Å². The van der Waals surface area contributed by atoms with Gasteiger partial charge in [0, 0.05) is 23.0 Å². The molecule has 0 bridgehead atoms. The Morgan fingerprint density at radius 2 is 2.05 bits per heavy atom. The zero-order chi connectivity index (χ0) is 15.4. The van der Waals surface area contributed by atoms with Gasteiger partial charge in [0.15, 0.2) is 0 Å². The van der Waals surface area contributed by atoms with Crippen LogP contribution in [0.3, 0.4) is 0 Å². The molecule has 1 heterocycles. The Balaban J connectivity index is 2.34. The number of hydrogen-bond acceptors (Lipinski definition) is 2. The van der Waals surface area contributed by atoms with Crippen LogP contribution in [0.4, 0.5) is 0 Å². The van der Waals surface area contributed by atoms with Crippen LogP contribution in [0.25, 0.3) is 10.9 Å². The van der Waals surface area contributed by atoms with Gasteiger partial charge in [-0.15, -0.1) is 11.6 Å². The third kappa shape index (κ3) is 3.73. The summed E-state index contributed by atoms with van der Waals surface area (Å²) >= 11 is 5.83. The molecule has 0 radical (unpaired) electrons. The molecule has 112 valence electrons. The van der Waals surface area contributed by atoms with Crippen molar-refractivity contribution in [2.45, 2.75) is 33.2 Å². The van der Waals surface area contributed by atoms with Gasteiger partial charge < -0.3 is 5.32 Å². The zero-order valence-electron chi connectivity index (χ0n) is 12.7. The fraction of sp³-hybridized carbons (Fsp3) is 0.412. The van der Waals surface area contributed by atoms with E-state index in [1.165, 1.54) is 0 Å². The van der Waals surface area contributed by atoms with Crippen LogP contribution in [-0.4, -0.2) is 22.8 Å². The average Bonchev–Trinajstić information content (AvgIpc) is 2.45. The molecule has 4 heteroatoms. The molecule has 3 nitrogen and oxygen atoms in total. The first-order valence-electron chi connectivity index (χ1n) is 7.26. The lowest BCUT2D eigenvalue weighted by Gasteiger charge is -2.22. The average molecular weight is 305 g/mol. The topological polar surface area (TPSA) is 42.0 Å². The van der Waals surface area contributed by atoms with E-state index in [0.717, 1.165) is 23.0 Å². The molecule has 1 aromatic carbocycles. The van der Waals surface area contributed by atoms with E-state index in [-0.39, 0.29) is 11.9 Å². The highest BCUT2D eigenvalue weighted by atomic mass is 35.5. The molecular weight excluding hydrogens is 284 g/mol. The second-order valence-corrected chi connectivity index (χ2v) is 6.01. The Kier molecular flexibility index (Phi) is 5.18.